The number of rotatable bonds is 9. The van der Waals surface area contributed by atoms with Crippen LogP contribution < -0.4 is 16.0 Å². The quantitative estimate of drug-likeness (QED) is 0.162. The molecule has 1 aromatic heterocycles. The van der Waals surface area contributed by atoms with Gasteiger partial charge in [0.05, 0.1) is 24.6 Å². The van der Waals surface area contributed by atoms with Gasteiger partial charge in [0.15, 0.2) is 6.19 Å². The van der Waals surface area contributed by atoms with Gasteiger partial charge in [-0.1, -0.05) is 0 Å². The third-order valence-corrected chi connectivity index (χ3v) is 4.11. The highest BCUT2D eigenvalue weighted by atomic mass is 32.2. The van der Waals surface area contributed by atoms with E-state index in [-0.39, 0.29) is 5.91 Å². The van der Waals surface area contributed by atoms with Crippen LogP contribution >= 0.6 is 11.8 Å². The second kappa shape index (κ2) is 11.8. The summed E-state index contributed by atoms with van der Waals surface area (Å²) in [6.45, 7) is 4.80. The standard InChI is InChI=1S/C15H22N8OS/c1-11(7-16)14(24)18-3-4-19-15(21-9-17)20-5-6-25-8-13-12(2)22-10-23-13/h10-11H,3-6,8H2,1-2H3,(H,18,24)(H,22,23)(H2,19,20,21). The first-order chi connectivity index (χ1) is 12.1. The second-order valence-electron chi connectivity index (χ2n) is 5.06. The molecule has 1 unspecified atom stereocenters. The zero-order chi connectivity index (χ0) is 18.5. The zero-order valence-corrected chi connectivity index (χ0v) is 15.1. The fourth-order valence-electron chi connectivity index (χ4n) is 1.69. The lowest BCUT2D eigenvalue weighted by Crippen LogP contribution is -2.41. The van der Waals surface area contributed by atoms with Crippen LogP contribution in [-0.4, -0.2) is 47.2 Å². The van der Waals surface area contributed by atoms with Gasteiger partial charge in [-0.25, -0.2) is 4.98 Å². The van der Waals surface area contributed by atoms with Crippen molar-refractivity contribution >= 4 is 23.6 Å². The number of nitriles is 2. The van der Waals surface area contributed by atoms with E-state index in [9.17, 15) is 4.79 Å². The first-order valence-electron chi connectivity index (χ1n) is 7.75. The second-order valence-corrected chi connectivity index (χ2v) is 6.17. The molecule has 0 radical (unpaired) electrons. The van der Waals surface area contributed by atoms with Crippen LogP contribution in [0, 0.1) is 35.6 Å². The van der Waals surface area contributed by atoms with Crippen LogP contribution in [0.4, 0.5) is 0 Å². The molecular weight excluding hydrogens is 340 g/mol. The number of aromatic nitrogens is 2. The number of amides is 1. The van der Waals surface area contributed by atoms with Gasteiger partial charge in [-0.2, -0.15) is 22.3 Å². The molecule has 25 heavy (non-hydrogen) atoms. The van der Waals surface area contributed by atoms with Crippen LogP contribution in [0.25, 0.3) is 0 Å². The molecule has 0 saturated carbocycles. The van der Waals surface area contributed by atoms with Gasteiger partial charge in [0.25, 0.3) is 0 Å². The molecule has 1 rings (SSSR count). The number of aliphatic imine (C=N–C) groups is 1. The van der Waals surface area contributed by atoms with Crippen LogP contribution in [0.15, 0.2) is 11.3 Å². The highest BCUT2D eigenvalue weighted by Crippen LogP contribution is 2.11. The Kier molecular flexibility index (Phi) is 9.56. The van der Waals surface area contributed by atoms with Gasteiger partial charge in [0, 0.05) is 30.3 Å². The number of aromatic amines is 1. The molecular formula is C15H22N8OS. The van der Waals surface area contributed by atoms with E-state index in [1.807, 2.05) is 19.2 Å². The minimum atomic E-state index is -0.680. The van der Waals surface area contributed by atoms with Gasteiger partial charge in [0.2, 0.25) is 11.9 Å². The summed E-state index contributed by atoms with van der Waals surface area (Å²) in [5.41, 5.74) is 2.10. The predicted molar refractivity (Wildman–Crippen MR) is 96.3 cm³/mol. The Morgan fingerprint density at radius 2 is 2.20 bits per heavy atom. The summed E-state index contributed by atoms with van der Waals surface area (Å²) in [4.78, 5) is 23.0. The Hall–Kier alpha value is -2.72. The highest BCUT2D eigenvalue weighted by Gasteiger charge is 2.10. The number of carbonyl (C=O) groups is 1. The molecule has 1 aromatic rings. The van der Waals surface area contributed by atoms with Crippen molar-refractivity contribution in [2.24, 2.45) is 10.9 Å². The first kappa shape index (κ1) is 20.3. The predicted octanol–water partition coefficient (Wildman–Crippen LogP) is 0.243. The lowest BCUT2D eigenvalue weighted by molar-refractivity contribution is -0.122. The average molecular weight is 362 g/mol. The van der Waals surface area contributed by atoms with Crippen molar-refractivity contribution in [3.63, 3.8) is 0 Å². The van der Waals surface area contributed by atoms with Crippen molar-refractivity contribution < 1.29 is 4.79 Å². The molecule has 1 amide bonds. The van der Waals surface area contributed by atoms with Gasteiger partial charge in [-0.05, 0) is 13.8 Å². The fraction of sp³-hybridized carbons (Fsp3) is 0.533. The van der Waals surface area contributed by atoms with Crippen LogP contribution in [0.3, 0.4) is 0 Å². The highest BCUT2D eigenvalue weighted by molar-refractivity contribution is 7.98. The largest absolute Gasteiger partial charge is 0.354 e. The van der Waals surface area contributed by atoms with Crippen LogP contribution in [-0.2, 0) is 10.5 Å². The monoisotopic (exact) mass is 362 g/mol. The number of carbonyl (C=O) groups excluding carboxylic acids is 1. The van der Waals surface area contributed by atoms with E-state index in [2.05, 4.69) is 30.9 Å². The number of H-pyrrole nitrogens is 1. The molecule has 1 atom stereocenters. The maximum absolute atomic E-state index is 11.4. The first-order valence-corrected chi connectivity index (χ1v) is 8.91. The topological polar surface area (TPSA) is 142 Å². The molecule has 9 nitrogen and oxygen atoms in total. The molecule has 0 saturated heterocycles. The summed E-state index contributed by atoms with van der Waals surface area (Å²) in [5.74, 6) is 0.965. The number of imidazole rings is 1. The summed E-state index contributed by atoms with van der Waals surface area (Å²) in [7, 11) is 0. The van der Waals surface area contributed by atoms with Crippen LogP contribution in [0.1, 0.15) is 18.3 Å². The van der Waals surface area contributed by atoms with Crippen LogP contribution in [0.2, 0.25) is 0 Å². The van der Waals surface area contributed by atoms with Crippen molar-refractivity contribution in [1.29, 1.82) is 10.5 Å². The SMILES string of the molecule is Cc1[nH]cnc1CSCCN=C(NC#N)NCCNC(=O)C(C)C#N. The number of guanidine groups is 1. The van der Waals surface area contributed by atoms with E-state index in [4.69, 9.17) is 10.5 Å². The zero-order valence-electron chi connectivity index (χ0n) is 14.3. The van der Waals surface area contributed by atoms with E-state index in [1.54, 1.807) is 18.1 Å². The van der Waals surface area contributed by atoms with Gasteiger partial charge in [0.1, 0.15) is 5.92 Å². The molecule has 0 aliphatic rings. The summed E-state index contributed by atoms with van der Waals surface area (Å²) in [6.07, 6.45) is 3.50. The maximum Gasteiger partial charge on any atom is 0.237 e. The number of thioether (sulfide) groups is 1. The number of aryl methyl sites for hydroxylation is 1. The molecule has 10 heteroatoms. The number of hydrogen-bond donors (Lipinski definition) is 4. The number of hydrogen-bond acceptors (Lipinski definition) is 6. The van der Waals surface area contributed by atoms with Gasteiger partial charge >= 0.3 is 0 Å². The van der Waals surface area contributed by atoms with E-state index < -0.39 is 5.92 Å². The molecule has 0 aromatic carbocycles. The Bertz CT molecular complexity index is 657. The van der Waals surface area contributed by atoms with Crippen molar-refractivity contribution in [3.05, 3.63) is 17.7 Å². The summed E-state index contributed by atoms with van der Waals surface area (Å²) in [5, 5.41) is 25.4. The minimum absolute atomic E-state index is 0.318. The van der Waals surface area contributed by atoms with Crippen molar-refractivity contribution in [1.82, 2.24) is 25.9 Å². The lowest BCUT2D eigenvalue weighted by atomic mass is 10.2. The Morgan fingerprint density at radius 3 is 2.84 bits per heavy atom. The Morgan fingerprint density at radius 1 is 1.44 bits per heavy atom. The molecule has 0 spiro atoms. The number of nitrogens with one attached hydrogen (secondary N) is 4. The molecule has 1 heterocycles. The van der Waals surface area contributed by atoms with E-state index in [0.717, 1.165) is 22.9 Å². The smallest absolute Gasteiger partial charge is 0.237 e. The summed E-state index contributed by atoms with van der Waals surface area (Å²) < 4.78 is 0. The van der Waals surface area contributed by atoms with Gasteiger partial charge in [-0.15, -0.1) is 0 Å². The molecule has 0 aliphatic carbocycles. The van der Waals surface area contributed by atoms with Crippen molar-refractivity contribution in [2.45, 2.75) is 19.6 Å². The molecule has 134 valence electrons. The Labute approximate surface area is 151 Å². The summed E-state index contributed by atoms with van der Waals surface area (Å²) in [6, 6.07) is 1.87. The van der Waals surface area contributed by atoms with E-state index in [1.165, 1.54) is 6.92 Å². The normalized spacial score (nSPS) is 11.9. The fourth-order valence-corrected chi connectivity index (χ4v) is 2.54. The summed E-state index contributed by atoms with van der Waals surface area (Å²) >= 11 is 1.71. The lowest BCUT2D eigenvalue weighted by Gasteiger charge is -2.09. The number of nitrogens with zero attached hydrogens (tertiary/aromatic N) is 4. The molecule has 0 fully saturated rings. The van der Waals surface area contributed by atoms with Gasteiger partial charge in [-0.3, -0.25) is 15.1 Å². The minimum Gasteiger partial charge on any atom is -0.354 e. The molecule has 4 N–H and O–H groups in total. The van der Waals surface area contributed by atoms with Crippen molar-refractivity contribution in [2.75, 3.05) is 25.4 Å². The third kappa shape index (κ3) is 8.08. The Balaban J connectivity index is 2.25. The average Bonchev–Trinajstić information content (AvgIpc) is 3.02. The van der Waals surface area contributed by atoms with Gasteiger partial charge < -0.3 is 15.6 Å². The molecule has 0 aliphatic heterocycles. The van der Waals surface area contributed by atoms with Crippen LogP contribution in [0.5, 0.6) is 0 Å². The third-order valence-electron chi connectivity index (χ3n) is 3.16. The maximum atomic E-state index is 11.4. The van der Waals surface area contributed by atoms with E-state index in [0.29, 0.717) is 25.6 Å². The van der Waals surface area contributed by atoms with E-state index >= 15 is 0 Å². The molecule has 0 bridgehead atoms. The van der Waals surface area contributed by atoms with Crippen molar-refractivity contribution in [3.8, 4) is 12.3 Å².